The van der Waals surface area contributed by atoms with Crippen molar-refractivity contribution in [2.75, 3.05) is 7.11 Å². The maximum Gasteiger partial charge on any atom is 0.340 e. The second kappa shape index (κ2) is 4.93. The Kier molecular flexibility index (Phi) is 3.11. The van der Waals surface area contributed by atoms with Crippen molar-refractivity contribution >= 4 is 11.7 Å². The molecule has 20 heavy (non-hydrogen) atoms. The van der Waals surface area contributed by atoms with Crippen molar-refractivity contribution in [2.24, 2.45) is 4.99 Å². The van der Waals surface area contributed by atoms with Gasteiger partial charge in [-0.3, -0.25) is 4.99 Å². The number of nitrogens with zero attached hydrogens (tertiary/aromatic N) is 1. The van der Waals surface area contributed by atoms with Gasteiger partial charge in [0, 0.05) is 6.42 Å². The summed E-state index contributed by atoms with van der Waals surface area (Å²) in [6, 6.07) is 19.7. The number of benzene rings is 2. The van der Waals surface area contributed by atoms with Crippen LogP contribution in [0.25, 0.3) is 0 Å². The van der Waals surface area contributed by atoms with Crippen molar-refractivity contribution < 1.29 is 9.53 Å². The average Bonchev–Trinajstić information content (AvgIpc) is 3.24. The molecule has 0 radical (unpaired) electrons. The van der Waals surface area contributed by atoms with E-state index < -0.39 is 5.54 Å². The molecule has 0 aliphatic carbocycles. The van der Waals surface area contributed by atoms with Crippen molar-refractivity contribution in [1.82, 2.24) is 0 Å². The van der Waals surface area contributed by atoms with Gasteiger partial charge in [0.05, 0.1) is 12.8 Å². The summed E-state index contributed by atoms with van der Waals surface area (Å²) in [5.41, 5.74) is 2.03. The molecule has 2 aromatic carbocycles. The van der Waals surface area contributed by atoms with Gasteiger partial charge in [-0.1, -0.05) is 60.7 Å². The minimum absolute atomic E-state index is 0.291. The Bertz CT molecular complexity index is 649. The highest BCUT2D eigenvalue weighted by atomic mass is 16.5. The molecule has 0 aromatic heterocycles. The molecular formula is C17H15NO2. The molecule has 3 rings (SSSR count). The van der Waals surface area contributed by atoms with E-state index in [1.807, 2.05) is 60.7 Å². The van der Waals surface area contributed by atoms with Crippen LogP contribution in [0.1, 0.15) is 11.1 Å². The summed E-state index contributed by atoms with van der Waals surface area (Å²) in [5.74, 6) is -0.291. The smallest absolute Gasteiger partial charge is 0.340 e. The van der Waals surface area contributed by atoms with Crippen molar-refractivity contribution in [3.05, 3.63) is 71.8 Å². The van der Waals surface area contributed by atoms with Gasteiger partial charge in [-0.25, -0.2) is 4.79 Å². The predicted molar refractivity (Wildman–Crippen MR) is 77.9 cm³/mol. The number of rotatable bonds is 4. The first-order chi connectivity index (χ1) is 9.76. The molecule has 1 aliphatic rings. The largest absolute Gasteiger partial charge is 0.467 e. The van der Waals surface area contributed by atoms with Crippen LogP contribution in [0.15, 0.2) is 65.7 Å². The minimum atomic E-state index is -0.836. The van der Waals surface area contributed by atoms with E-state index in [1.54, 1.807) is 0 Å². The highest BCUT2D eigenvalue weighted by Gasteiger charge is 2.55. The van der Waals surface area contributed by atoms with Gasteiger partial charge in [0.1, 0.15) is 0 Å². The summed E-state index contributed by atoms with van der Waals surface area (Å²) in [7, 11) is 1.41. The summed E-state index contributed by atoms with van der Waals surface area (Å²) in [5, 5.41) is 0. The van der Waals surface area contributed by atoms with Crippen LogP contribution in [0.2, 0.25) is 0 Å². The standard InChI is InChI=1S/C17H15NO2/c1-20-16(19)17(12-13-8-4-2-5-9-13)15(18-17)14-10-6-3-7-11-14/h2-11H,12H2,1H3/t17-/m1/s1. The lowest BCUT2D eigenvalue weighted by Gasteiger charge is -2.13. The summed E-state index contributed by atoms with van der Waals surface area (Å²) in [4.78, 5) is 16.6. The van der Waals surface area contributed by atoms with E-state index in [0.29, 0.717) is 6.42 Å². The Morgan fingerprint density at radius 2 is 1.65 bits per heavy atom. The fourth-order valence-electron chi connectivity index (χ4n) is 2.46. The summed E-state index contributed by atoms with van der Waals surface area (Å²) >= 11 is 0. The van der Waals surface area contributed by atoms with Crippen LogP contribution in [-0.4, -0.2) is 24.3 Å². The molecule has 100 valence electrons. The topological polar surface area (TPSA) is 38.7 Å². The van der Waals surface area contributed by atoms with E-state index in [1.165, 1.54) is 7.11 Å². The number of hydrogen-bond donors (Lipinski definition) is 0. The van der Waals surface area contributed by atoms with E-state index >= 15 is 0 Å². The Hall–Kier alpha value is -2.42. The zero-order chi connectivity index (χ0) is 14.0. The number of esters is 1. The summed E-state index contributed by atoms with van der Waals surface area (Å²) < 4.78 is 4.95. The second-order valence-electron chi connectivity index (χ2n) is 4.84. The van der Waals surface area contributed by atoms with Crippen molar-refractivity contribution in [3.8, 4) is 0 Å². The van der Waals surface area contributed by atoms with Crippen LogP contribution < -0.4 is 0 Å². The van der Waals surface area contributed by atoms with Crippen LogP contribution >= 0.6 is 0 Å². The van der Waals surface area contributed by atoms with E-state index in [4.69, 9.17) is 4.74 Å². The van der Waals surface area contributed by atoms with Crippen LogP contribution in [0, 0.1) is 0 Å². The molecule has 0 saturated carbocycles. The Balaban J connectivity index is 1.89. The molecule has 0 bridgehead atoms. The third kappa shape index (κ3) is 2.11. The van der Waals surface area contributed by atoms with Crippen LogP contribution in [-0.2, 0) is 16.0 Å². The molecule has 1 heterocycles. The molecule has 0 saturated heterocycles. The van der Waals surface area contributed by atoms with Gasteiger partial charge in [0.2, 0.25) is 5.54 Å². The molecule has 0 unspecified atom stereocenters. The predicted octanol–water partition coefficient (Wildman–Crippen LogP) is 2.64. The van der Waals surface area contributed by atoms with Gasteiger partial charge < -0.3 is 4.74 Å². The van der Waals surface area contributed by atoms with Gasteiger partial charge in [0.15, 0.2) is 0 Å². The fourth-order valence-corrected chi connectivity index (χ4v) is 2.46. The zero-order valence-electron chi connectivity index (χ0n) is 11.2. The normalized spacial score (nSPS) is 20.1. The van der Waals surface area contributed by atoms with Gasteiger partial charge in [0.25, 0.3) is 0 Å². The quantitative estimate of drug-likeness (QED) is 0.797. The molecule has 0 fully saturated rings. The van der Waals surface area contributed by atoms with E-state index in [9.17, 15) is 4.79 Å². The van der Waals surface area contributed by atoms with E-state index in [0.717, 1.165) is 16.8 Å². The SMILES string of the molecule is COC(=O)[C@]1(Cc2ccccc2)N=C1c1ccccc1. The Morgan fingerprint density at radius 1 is 1.05 bits per heavy atom. The van der Waals surface area contributed by atoms with Gasteiger partial charge >= 0.3 is 5.97 Å². The number of carbonyl (C=O) groups excluding carboxylic acids is 1. The van der Waals surface area contributed by atoms with Crippen LogP contribution in [0.3, 0.4) is 0 Å². The molecule has 0 amide bonds. The van der Waals surface area contributed by atoms with Gasteiger partial charge in [-0.05, 0) is 11.1 Å². The lowest BCUT2D eigenvalue weighted by atomic mass is 9.91. The summed E-state index contributed by atoms with van der Waals surface area (Å²) in [6.07, 6.45) is 0.546. The average molecular weight is 265 g/mol. The highest BCUT2D eigenvalue weighted by molar-refractivity contribution is 6.29. The molecule has 1 aliphatic heterocycles. The number of ether oxygens (including phenoxy) is 1. The van der Waals surface area contributed by atoms with Crippen molar-refractivity contribution in [2.45, 2.75) is 12.0 Å². The van der Waals surface area contributed by atoms with Gasteiger partial charge in [-0.15, -0.1) is 0 Å². The van der Waals surface area contributed by atoms with E-state index in [-0.39, 0.29) is 5.97 Å². The maximum absolute atomic E-state index is 12.1. The Morgan fingerprint density at radius 3 is 2.25 bits per heavy atom. The van der Waals surface area contributed by atoms with Gasteiger partial charge in [-0.2, -0.15) is 0 Å². The lowest BCUT2D eigenvalue weighted by Crippen LogP contribution is -2.34. The molecule has 0 N–H and O–H groups in total. The molecule has 2 aromatic rings. The number of carbonyl (C=O) groups is 1. The first kappa shape index (κ1) is 12.6. The zero-order valence-corrected chi connectivity index (χ0v) is 11.2. The van der Waals surface area contributed by atoms with Crippen LogP contribution in [0.4, 0.5) is 0 Å². The molecule has 3 nitrogen and oxygen atoms in total. The second-order valence-corrected chi connectivity index (χ2v) is 4.84. The maximum atomic E-state index is 12.1. The third-order valence-electron chi connectivity index (χ3n) is 3.52. The third-order valence-corrected chi connectivity index (χ3v) is 3.52. The summed E-state index contributed by atoms with van der Waals surface area (Å²) in [6.45, 7) is 0. The van der Waals surface area contributed by atoms with E-state index in [2.05, 4.69) is 4.99 Å². The number of methoxy groups -OCH3 is 1. The first-order valence-electron chi connectivity index (χ1n) is 6.54. The van der Waals surface area contributed by atoms with Crippen LogP contribution in [0.5, 0.6) is 0 Å². The van der Waals surface area contributed by atoms with Crippen molar-refractivity contribution in [1.29, 1.82) is 0 Å². The monoisotopic (exact) mass is 265 g/mol. The van der Waals surface area contributed by atoms with Crippen molar-refractivity contribution in [3.63, 3.8) is 0 Å². The lowest BCUT2D eigenvalue weighted by molar-refractivity contribution is -0.142. The molecular weight excluding hydrogens is 250 g/mol. The number of aliphatic imine (C=N–C) groups is 1. The fraction of sp³-hybridized carbons (Fsp3) is 0.176. The number of hydrogen-bond acceptors (Lipinski definition) is 3. The molecule has 0 spiro atoms. The first-order valence-corrected chi connectivity index (χ1v) is 6.54. The molecule has 3 heteroatoms. The molecule has 1 atom stereocenters. The highest BCUT2D eigenvalue weighted by Crippen LogP contribution is 2.37. The Labute approximate surface area is 117 Å². The minimum Gasteiger partial charge on any atom is -0.467 e.